The number of carbonyl (C=O) groups excluding carboxylic acids is 1. The van der Waals surface area contributed by atoms with Gasteiger partial charge in [-0.05, 0) is 19.1 Å². The number of aliphatic hydroxyl groups excluding tert-OH is 1. The lowest BCUT2D eigenvalue weighted by Gasteiger charge is -2.11. The number of rotatable bonds is 3. The molecule has 2 N–H and O–H groups in total. The Labute approximate surface area is 103 Å². The molecular formula is C11H12ClNO4. The minimum absolute atomic E-state index is 0.104. The van der Waals surface area contributed by atoms with Gasteiger partial charge in [0.2, 0.25) is 6.79 Å². The Morgan fingerprint density at radius 3 is 3.06 bits per heavy atom. The van der Waals surface area contributed by atoms with Crippen LogP contribution in [0.4, 0.5) is 0 Å². The normalized spacial score (nSPS) is 14.5. The van der Waals surface area contributed by atoms with Gasteiger partial charge in [0.15, 0.2) is 11.5 Å². The number of nitrogens with one attached hydrogen (secondary N) is 1. The highest BCUT2D eigenvalue weighted by Gasteiger charge is 2.21. The molecule has 0 aromatic heterocycles. The van der Waals surface area contributed by atoms with E-state index in [1.165, 1.54) is 6.07 Å². The van der Waals surface area contributed by atoms with Crippen LogP contribution in [0.15, 0.2) is 12.1 Å². The number of fused-ring (bicyclic) bond motifs is 1. The smallest absolute Gasteiger partial charge is 0.251 e. The molecule has 5 nitrogen and oxygen atoms in total. The maximum Gasteiger partial charge on any atom is 0.251 e. The standard InChI is InChI=1S/C11H12ClNO4/c1-6(4-14)13-11(15)7-2-8(12)10-9(3-7)16-5-17-10/h2-3,6,14H,4-5H2,1H3,(H,13,15). The van der Waals surface area contributed by atoms with Crippen molar-refractivity contribution < 1.29 is 19.4 Å². The average Bonchev–Trinajstić information content (AvgIpc) is 2.77. The number of hydrogen-bond acceptors (Lipinski definition) is 4. The maximum atomic E-state index is 11.8. The first kappa shape index (κ1) is 12.0. The summed E-state index contributed by atoms with van der Waals surface area (Å²) in [6, 6.07) is 2.76. The summed E-state index contributed by atoms with van der Waals surface area (Å²) in [7, 11) is 0. The lowest BCUT2D eigenvalue weighted by Crippen LogP contribution is -2.34. The summed E-state index contributed by atoms with van der Waals surface area (Å²) in [5.41, 5.74) is 0.375. The second-order valence-electron chi connectivity index (χ2n) is 3.75. The Kier molecular flexibility index (Phi) is 3.40. The molecule has 1 unspecified atom stereocenters. The quantitative estimate of drug-likeness (QED) is 0.853. The van der Waals surface area contributed by atoms with Crippen molar-refractivity contribution in [1.82, 2.24) is 5.32 Å². The topological polar surface area (TPSA) is 67.8 Å². The Morgan fingerprint density at radius 1 is 1.59 bits per heavy atom. The summed E-state index contributed by atoms with van der Waals surface area (Å²) < 4.78 is 10.3. The van der Waals surface area contributed by atoms with Crippen molar-refractivity contribution >= 4 is 17.5 Å². The zero-order valence-electron chi connectivity index (χ0n) is 9.20. The highest BCUT2D eigenvalue weighted by molar-refractivity contribution is 6.32. The molecule has 6 heteroatoms. The molecule has 1 aliphatic rings. The van der Waals surface area contributed by atoms with Crippen LogP contribution < -0.4 is 14.8 Å². The molecular weight excluding hydrogens is 246 g/mol. The van der Waals surface area contributed by atoms with E-state index in [9.17, 15) is 4.79 Å². The third-order valence-corrected chi connectivity index (χ3v) is 2.62. The van der Waals surface area contributed by atoms with Crippen LogP contribution in [0.2, 0.25) is 5.02 Å². The van der Waals surface area contributed by atoms with Crippen LogP contribution in [0.25, 0.3) is 0 Å². The molecule has 1 aromatic rings. The van der Waals surface area contributed by atoms with E-state index in [-0.39, 0.29) is 25.3 Å². The SMILES string of the molecule is CC(CO)NC(=O)c1cc(Cl)c2c(c1)OCO2. The van der Waals surface area contributed by atoms with E-state index in [0.717, 1.165) is 0 Å². The zero-order valence-corrected chi connectivity index (χ0v) is 9.95. The Bertz CT molecular complexity index is 449. The molecule has 1 atom stereocenters. The lowest BCUT2D eigenvalue weighted by atomic mass is 10.1. The van der Waals surface area contributed by atoms with Crippen LogP contribution in [-0.2, 0) is 0 Å². The first-order chi connectivity index (χ1) is 8.11. The molecule has 0 saturated heterocycles. The summed E-state index contributed by atoms with van der Waals surface area (Å²) in [4.78, 5) is 11.8. The number of carbonyl (C=O) groups is 1. The van der Waals surface area contributed by atoms with Crippen LogP contribution in [0.3, 0.4) is 0 Å². The molecule has 0 saturated carbocycles. The van der Waals surface area contributed by atoms with Crippen LogP contribution in [0.1, 0.15) is 17.3 Å². The predicted molar refractivity (Wildman–Crippen MR) is 61.6 cm³/mol. The molecule has 1 aliphatic heterocycles. The third kappa shape index (κ3) is 2.45. The Hall–Kier alpha value is -1.46. The highest BCUT2D eigenvalue weighted by Crippen LogP contribution is 2.39. The number of hydrogen-bond donors (Lipinski definition) is 2. The highest BCUT2D eigenvalue weighted by atomic mass is 35.5. The van der Waals surface area contributed by atoms with Crippen LogP contribution in [-0.4, -0.2) is 30.5 Å². The van der Waals surface area contributed by atoms with Crippen LogP contribution in [0.5, 0.6) is 11.5 Å². The maximum absolute atomic E-state index is 11.8. The van der Waals surface area contributed by atoms with Gasteiger partial charge in [0.1, 0.15) is 0 Å². The van der Waals surface area contributed by atoms with E-state index in [1.807, 2.05) is 0 Å². The number of aliphatic hydroxyl groups is 1. The molecule has 0 bridgehead atoms. The van der Waals surface area contributed by atoms with Crippen molar-refractivity contribution in [2.45, 2.75) is 13.0 Å². The molecule has 1 aromatic carbocycles. The van der Waals surface area contributed by atoms with E-state index < -0.39 is 0 Å². The van der Waals surface area contributed by atoms with Gasteiger partial charge >= 0.3 is 0 Å². The third-order valence-electron chi connectivity index (χ3n) is 2.34. The molecule has 17 heavy (non-hydrogen) atoms. The molecule has 2 rings (SSSR count). The van der Waals surface area contributed by atoms with Gasteiger partial charge in [-0.25, -0.2) is 0 Å². The van der Waals surface area contributed by atoms with E-state index >= 15 is 0 Å². The molecule has 1 heterocycles. The molecule has 0 radical (unpaired) electrons. The van der Waals surface area contributed by atoms with E-state index in [1.54, 1.807) is 13.0 Å². The number of benzene rings is 1. The van der Waals surface area contributed by atoms with E-state index in [2.05, 4.69) is 5.32 Å². The van der Waals surface area contributed by atoms with Crippen molar-refractivity contribution in [3.8, 4) is 11.5 Å². The summed E-state index contributed by atoms with van der Waals surface area (Å²) in [5.74, 6) is 0.601. The average molecular weight is 258 g/mol. The molecule has 1 amide bonds. The van der Waals surface area contributed by atoms with Crippen molar-refractivity contribution in [1.29, 1.82) is 0 Å². The fourth-order valence-corrected chi connectivity index (χ4v) is 1.72. The van der Waals surface area contributed by atoms with E-state index in [4.69, 9.17) is 26.2 Å². The molecule has 92 valence electrons. The first-order valence-corrected chi connectivity index (χ1v) is 5.50. The lowest BCUT2D eigenvalue weighted by molar-refractivity contribution is 0.0922. The summed E-state index contributed by atoms with van der Waals surface area (Å²) in [6.07, 6.45) is 0. The molecule has 0 aliphatic carbocycles. The fourth-order valence-electron chi connectivity index (χ4n) is 1.45. The van der Waals surface area contributed by atoms with Crippen molar-refractivity contribution in [3.63, 3.8) is 0 Å². The predicted octanol–water partition coefficient (Wildman–Crippen LogP) is 1.18. The minimum Gasteiger partial charge on any atom is -0.454 e. The molecule has 0 spiro atoms. The fraction of sp³-hybridized carbons (Fsp3) is 0.364. The van der Waals surface area contributed by atoms with Gasteiger partial charge in [-0.15, -0.1) is 0 Å². The van der Waals surface area contributed by atoms with Crippen LogP contribution in [0, 0.1) is 0 Å². The number of halogens is 1. The minimum atomic E-state index is -0.313. The number of amides is 1. The van der Waals surface area contributed by atoms with Gasteiger partial charge in [-0.1, -0.05) is 11.6 Å². The Balaban J connectivity index is 2.22. The zero-order chi connectivity index (χ0) is 12.4. The second kappa shape index (κ2) is 4.81. The summed E-state index contributed by atoms with van der Waals surface area (Å²) in [5, 5.41) is 11.8. The summed E-state index contributed by atoms with van der Waals surface area (Å²) >= 11 is 5.95. The van der Waals surface area contributed by atoms with Crippen LogP contribution >= 0.6 is 11.6 Å². The Morgan fingerprint density at radius 2 is 2.35 bits per heavy atom. The van der Waals surface area contributed by atoms with Gasteiger partial charge in [0.05, 0.1) is 11.6 Å². The van der Waals surface area contributed by atoms with Gasteiger partial charge in [-0.3, -0.25) is 4.79 Å². The number of ether oxygens (including phenoxy) is 2. The monoisotopic (exact) mass is 257 g/mol. The van der Waals surface area contributed by atoms with Gasteiger partial charge < -0.3 is 19.9 Å². The summed E-state index contributed by atoms with van der Waals surface area (Å²) in [6.45, 7) is 1.68. The van der Waals surface area contributed by atoms with Crippen molar-refractivity contribution in [3.05, 3.63) is 22.7 Å². The molecule has 0 fully saturated rings. The van der Waals surface area contributed by atoms with Crippen molar-refractivity contribution in [2.24, 2.45) is 0 Å². The largest absolute Gasteiger partial charge is 0.454 e. The van der Waals surface area contributed by atoms with Crippen molar-refractivity contribution in [2.75, 3.05) is 13.4 Å². The van der Waals surface area contributed by atoms with Gasteiger partial charge in [0, 0.05) is 11.6 Å². The second-order valence-corrected chi connectivity index (χ2v) is 4.16. The van der Waals surface area contributed by atoms with Gasteiger partial charge in [-0.2, -0.15) is 0 Å². The first-order valence-electron chi connectivity index (χ1n) is 5.12. The van der Waals surface area contributed by atoms with E-state index in [0.29, 0.717) is 22.1 Å². The van der Waals surface area contributed by atoms with Gasteiger partial charge in [0.25, 0.3) is 5.91 Å².